The number of nitrogens with one attached hydrogen (secondary N) is 1. The van der Waals surface area contributed by atoms with E-state index in [2.05, 4.69) is 5.32 Å². The van der Waals surface area contributed by atoms with Gasteiger partial charge >= 0.3 is 5.97 Å². The van der Waals surface area contributed by atoms with Crippen molar-refractivity contribution in [2.75, 3.05) is 0 Å². The fourth-order valence-corrected chi connectivity index (χ4v) is 2.48. The van der Waals surface area contributed by atoms with E-state index in [0.717, 1.165) is 25.7 Å². The quantitative estimate of drug-likeness (QED) is 0.757. The highest BCUT2D eigenvalue weighted by molar-refractivity contribution is 5.78. The van der Waals surface area contributed by atoms with Crippen molar-refractivity contribution >= 4 is 5.97 Å². The highest BCUT2D eigenvalue weighted by Crippen LogP contribution is 2.27. The van der Waals surface area contributed by atoms with E-state index < -0.39 is 11.5 Å². The van der Waals surface area contributed by atoms with Crippen LogP contribution in [0.2, 0.25) is 0 Å². The summed E-state index contributed by atoms with van der Waals surface area (Å²) in [5.74, 6) is -0.668. The van der Waals surface area contributed by atoms with Crippen molar-refractivity contribution < 1.29 is 9.90 Å². The van der Waals surface area contributed by atoms with Gasteiger partial charge in [0, 0.05) is 6.04 Å². The second kappa shape index (κ2) is 5.50. The monoisotopic (exact) mass is 213 g/mol. The molecule has 88 valence electrons. The molecule has 15 heavy (non-hydrogen) atoms. The van der Waals surface area contributed by atoms with Gasteiger partial charge in [0.25, 0.3) is 0 Å². The molecule has 0 radical (unpaired) electrons. The van der Waals surface area contributed by atoms with Gasteiger partial charge in [-0.1, -0.05) is 32.1 Å². The molecule has 0 bridgehead atoms. The number of rotatable bonds is 3. The SMILES string of the molecule is CC(C)NC1(C(=O)O)CCCCCCC1. The largest absolute Gasteiger partial charge is 0.480 e. The van der Waals surface area contributed by atoms with Gasteiger partial charge in [-0.25, -0.2) is 0 Å². The number of hydrogen-bond donors (Lipinski definition) is 2. The Kier molecular flexibility index (Phi) is 4.58. The van der Waals surface area contributed by atoms with E-state index in [0.29, 0.717) is 0 Å². The van der Waals surface area contributed by atoms with Crippen LogP contribution in [-0.4, -0.2) is 22.7 Å². The van der Waals surface area contributed by atoms with Gasteiger partial charge in [0.05, 0.1) is 0 Å². The summed E-state index contributed by atoms with van der Waals surface area (Å²) in [5.41, 5.74) is -0.658. The van der Waals surface area contributed by atoms with Gasteiger partial charge in [-0.2, -0.15) is 0 Å². The van der Waals surface area contributed by atoms with Crippen molar-refractivity contribution in [3.8, 4) is 0 Å². The van der Waals surface area contributed by atoms with Crippen LogP contribution < -0.4 is 5.32 Å². The molecular weight excluding hydrogens is 190 g/mol. The Morgan fingerprint density at radius 3 is 2.00 bits per heavy atom. The van der Waals surface area contributed by atoms with Crippen LogP contribution >= 0.6 is 0 Å². The third-order valence-corrected chi connectivity index (χ3v) is 3.18. The van der Waals surface area contributed by atoms with E-state index in [1.54, 1.807) is 0 Å². The molecule has 2 N–H and O–H groups in total. The second-order valence-electron chi connectivity index (χ2n) is 4.95. The van der Waals surface area contributed by atoms with Crippen LogP contribution in [0.4, 0.5) is 0 Å². The summed E-state index contributed by atoms with van der Waals surface area (Å²) in [6.45, 7) is 4.03. The van der Waals surface area contributed by atoms with E-state index in [4.69, 9.17) is 0 Å². The minimum atomic E-state index is -0.668. The molecule has 0 unspecified atom stereocenters. The Morgan fingerprint density at radius 2 is 1.60 bits per heavy atom. The molecule has 0 saturated heterocycles. The topological polar surface area (TPSA) is 49.3 Å². The lowest BCUT2D eigenvalue weighted by atomic mass is 9.83. The van der Waals surface area contributed by atoms with Gasteiger partial charge in [-0.15, -0.1) is 0 Å². The minimum Gasteiger partial charge on any atom is -0.480 e. The molecule has 0 aromatic heterocycles. The maximum atomic E-state index is 11.4. The number of hydrogen-bond acceptors (Lipinski definition) is 2. The highest BCUT2D eigenvalue weighted by atomic mass is 16.4. The summed E-state index contributed by atoms with van der Waals surface area (Å²) >= 11 is 0. The first kappa shape index (κ1) is 12.5. The van der Waals surface area contributed by atoms with E-state index in [-0.39, 0.29) is 6.04 Å². The normalized spacial score (nSPS) is 22.1. The number of carboxylic acids is 1. The zero-order valence-corrected chi connectivity index (χ0v) is 9.88. The first-order chi connectivity index (χ1) is 7.07. The number of aliphatic carboxylic acids is 1. The summed E-state index contributed by atoms with van der Waals surface area (Å²) in [7, 11) is 0. The molecule has 1 rings (SSSR count). The third-order valence-electron chi connectivity index (χ3n) is 3.18. The van der Waals surface area contributed by atoms with E-state index in [1.165, 1.54) is 19.3 Å². The lowest BCUT2D eigenvalue weighted by Gasteiger charge is -2.34. The zero-order chi connectivity index (χ0) is 11.3. The predicted molar refractivity (Wildman–Crippen MR) is 61.0 cm³/mol. The molecular formula is C12H23NO2. The summed E-state index contributed by atoms with van der Waals surface area (Å²) < 4.78 is 0. The molecule has 0 spiro atoms. The molecule has 1 saturated carbocycles. The molecule has 3 nitrogen and oxygen atoms in total. The van der Waals surface area contributed by atoms with Crippen molar-refractivity contribution in [1.82, 2.24) is 5.32 Å². The van der Waals surface area contributed by atoms with Crippen molar-refractivity contribution in [3.63, 3.8) is 0 Å². The molecule has 1 fully saturated rings. The van der Waals surface area contributed by atoms with Crippen LogP contribution in [0.5, 0.6) is 0 Å². The fraction of sp³-hybridized carbons (Fsp3) is 0.917. The summed E-state index contributed by atoms with van der Waals surface area (Å²) in [6, 6.07) is 0.237. The van der Waals surface area contributed by atoms with Crippen molar-refractivity contribution in [2.24, 2.45) is 0 Å². The molecule has 0 aromatic carbocycles. The predicted octanol–water partition coefficient (Wildman–Crippen LogP) is 2.55. The van der Waals surface area contributed by atoms with Crippen LogP contribution in [0.3, 0.4) is 0 Å². The Morgan fingerprint density at radius 1 is 1.13 bits per heavy atom. The van der Waals surface area contributed by atoms with E-state index >= 15 is 0 Å². The maximum absolute atomic E-state index is 11.4. The van der Waals surface area contributed by atoms with E-state index in [9.17, 15) is 9.90 Å². The minimum absolute atomic E-state index is 0.237. The van der Waals surface area contributed by atoms with Crippen molar-refractivity contribution in [2.45, 2.75) is 70.4 Å². The standard InChI is InChI=1S/C12H23NO2/c1-10(2)13-12(11(14)15)8-6-4-3-5-7-9-12/h10,13H,3-9H2,1-2H3,(H,14,15). The molecule has 1 aliphatic rings. The molecule has 0 aliphatic heterocycles. The van der Waals surface area contributed by atoms with Crippen LogP contribution in [0.1, 0.15) is 58.8 Å². The van der Waals surface area contributed by atoms with Gasteiger partial charge in [0.2, 0.25) is 0 Å². The maximum Gasteiger partial charge on any atom is 0.323 e. The first-order valence-corrected chi connectivity index (χ1v) is 6.08. The lowest BCUT2D eigenvalue weighted by molar-refractivity contribution is -0.146. The Labute approximate surface area is 92.3 Å². The van der Waals surface area contributed by atoms with Gasteiger partial charge in [-0.3, -0.25) is 10.1 Å². The average molecular weight is 213 g/mol. The summed E-state index contributed by atoms with van der Waals surface area (Å²) in [5, 5.41) is 12.7. The lowest BCUT2D eigenvalue weighted by Crippen LogP contribution is -2.54. The van der Waals surface area contributed by atoms with Crippen LogP contribution in [0.25, 0.3) is 0 Å². The van der Waals surface area contributed by atoms with Gasteiger partial charge < -0.3 is 5.11 Å². The number of carboxylic acid groups (broad SMARTS) is 1. The highest BCUT2D eigenvalue weighted by Gasteiger charge is 2.38. The van der Waals surface area contributed by atoms with Gasteiger partial charge in [0.1, 0.15) is 5.54 Å². The average Bonchev–Trinajstić information content (AvgIpc) is 2.08. The molecule has 1 aliphatic carbocycles. The third kappa shape index (κ3) is 3.49. The molecule has 3 heteroatoms. The second-order valence-corrected chi connectivity index (χ2v) is 4.95. The van der Waals surface area contributed by atoms with Crippen LogP contribution in [0, 0.1) is 0 Å². The Bertz CT molecular complexity index is 206. The molecule has 0 atom stereocenters. The Balaban J connectivity index is 2.71. The zero-order valence-electron chi connectivity index (χ0n) is 9.88. The molecule has 0 amide bonds. The summed E-state index contributed by atoms with van der Waals surface area (Å²) in [6.07, 6.45) is 7.24. The Hall–Kier alpha value is -0.570. The first-order valence-electron chi connectivity index (χ1n) is 6.08. The van der Waals surface area contributed by atoms with Crippen molar-refractivity contribution in [3.05, 3.63) is 0 Å². The summed E-state index contributed by atoms with van der Waals surface area (Å²) in [4.78, 5) is 11.4. The number of carbonyl (C=O) groups is 1. The van der Waals surface area contributed by atoms with Crippen LogP contribution in [-0.2, 0) is 4.79 Å². The van der Waals surface area contributed by atoms with Crippen molar-refractivity contribution in [1.29, 1.82) is 0 Å². The van der Waals surface area contributed by atoms with Gasteiger partial charge in [0.15, 0.2) is 0 Å². The van der Waals surface area contributed by atoms with E-state index in [1.807, 2.05) is 13.8 Å². The fourth-order valence-electron chi connectivity index (χ4n) is 2.48. The van der Waals surface area contributed by atoms with Crippen LogP contribution in [0.15, 0.2) is 0 Å². The smallest absolute Gasteiger partial charge is 0.323 e. The molecule has 0 heterocycles. The molecule has 0 aromatic rings. The van der Waals surface area contributed by atoms with Gasteiger partial charge in [-0.05, 0) is 26.7 Å².